The first kappa shape index (κ1) is 8.36. The highest BCUT2D eigenvalue weighted by Crippen LogP contribution is 2.32. The highest BCUT2D eigenvalue weighted by Gasteiger charge is 2.19. The van der Waals surface area contributed by atoms with Gasteiger partial charge in [0.2, 0.25) is 0 Å². The average Bonchev–Trinajstić information content (AvgIpc) is 2.29. The summed E-state index contributed by atoms with van der Waals surface area (Å²) in [7, 11) is 0. The first-order chi connectivity index (χ1) is 7.36. The molecule has 1 aromatic rings. The van der Waals surface area contributed by atoms with Crippen LogP contribution in [0.25, 0.3) is 11.8 Å². The van der Waals surface area contributed by atoms with Gasteiger partial charge in [-0.3, -0.25) is 0 Å². The summed E-state index contributed by atoms with van der Waals surface area (Å²) in [6, 6.07) is 8.33. The Morgan fingerprint density at radius 2 is 2.00 bits per heavy atom. The molecule has 0 aromatic heterocycles. The molecule has 2 aliphatic rings. The second kappa shape index (κ2) is 3.02. The molecular weight excluding hydrogens is 184 g/mol. The van der Waals surface area contributed by atoms with Crippen molar-refractivity contribution in [2.24, 2.45) is 5.73 Å². The lowest BCUT2D eigenvalue weighted by Gasteiger charge is -2.30. The third-order valence-corrected chi connectivity index (χ3v) is 2.81. The molecule has 0 radical (unpaired) electrons. The minimum Gasteiger partial charge on any atom is -0.397 e. The molecule has 3 rings (SSSR count). The summed E-state index contributed by atoms with van der Waals surface area (Å²) < 4.78 is 0. The Morgan fingerprint density at radius 3 is 2.93 bits per heavy atom. The van der Waals surface area contributed by atoms with Crippen LogP contribution in [0, 0.1) is 0 Å². The van der Waals surface area contributed by atoms with Gasteiger partial charge in [0, 0.05) is 18.3 Å². The zero-order chi connectivity index (χ0) is 10.3. The maximum absolute atomic E-state index is 6.02. The molecule has 0 atom stereocenters. The van der Waals surface area contributed by atoms with Gasteiger partial charge in [-0.1, -0.05) is 30.3 Å². The molecule has 2 heterocycles. The van der Waals surface area contributed by atoms with Crippen LogP contribution in [0.1, 0.15) is 11.1 Å². The van der Waals surface area contributed by atoms with E-state index in [4.69, 9.17) is 5.73 Å². The zero-order valence-electron chi connectivity index (χ0n) is 8.35. The van der Waals surface area contributed by atoms with Crippen LogP contribution in [0.5, 0.6) is 0 Å². The third kappa shape index (κ3) is 1.18. The Labute approximate surface area is 89.0 Å². The van der Waals surface area contributed by atoms with E-state index in [2.05, 4.69) is 41.5 Å². The van der Waals surface area contributed by atoms with Crippen molar-refractivity contribution >= 4 is 11.8 Å². The highest BCUT2D eigenvalue weighted by molar-refractivity contribution is 5.80. The van der Waals surface area contributed by atoms with Gasteiger partial charge < -0.3 is 10.6 Å². The normalized spacial score (nSPS) is 17.7. The van der Waals surface area contributed by atoms with Crippen LogP contribution >= 0.6 is 0 Å². The van der Waals surface area contributed by atoms with Crippen molar-refractivity contribution < 1.29 is 0 Å². The third-order valence-electron chi connectivity index (χ3n) is 2.81. The fourth-order valence-corrected chi connectivity index (χ4v) is 2.10. The van der Waals surface area contributed by atoms with E-state index in [0.29, 0.717) is 0 Å². The molecule has 0 bridgehead atoms. The van der Waals surface area contributed by atoms with E-state index < -0.39 is 0 Å². The van der Waals surface area contributed by atoms with Gasteiger partial charge >= 0.3 is 0 Å². The monoisotopic (exact) mass is 196 g/mol. The molecule has 0 fully saturated rings. The Bertz CT molecular complexity index is 495. The fourth-order valence-electron chi connectivity index (χ4n) is 2.10. The molecular formula is C13H12N2. The van der Waals surface area contributed by atoms with Crippen molar-refractivity contribution in [3.8, 4) is 0 Å². The molecule has 2 heteroatoms. The smallest absolute Gasteiger partial charge is 0.0722 e. The van der Waals surface area contributed by atoms with Gasteiger partial charge in [0.25, 0.3) is 0 Å². The van der Waals surface area contributed by atoms with Crippen LogP contribution in [0.2, 0.25) is 0 Å². The summed E-state index contributed by atoms with van der Waals surface area (Å²) in [6.07, 6.45) is 8.29. The molecule has 0 amide bonds. The first-order valence-corrected chi connectivity index (χ1v) is 5.07. The van der Waals surface area contributed by atoms with Crippen LogP contribution in [-0.4, -0.2) is 11.4 Å². The number of nitrogens with zero attached hydrogens (tertiary/aromatic N) is 1. The predicted octanol–water partition coefficient (Wildman–Crippen LogP) is 2.17. The van der Waals surface area contributed by atoms with Gasteiger partial charge in [-0.05, 0) is 17.7 Å². The Morgan fingerprint density at radius 1 is 1.13 bits per heavy atom. The van der Waals surface area contributed by atoms with Gasteiger partial charge in [0.1, 0.15) is 0 Å². The summed E-state index contributed by atoms with van der Waals surface area (Å²) >= 11 is 0. The molecule has 2 aliphatic heterocycles. The van der Waals surface area contributed by atoms with E-state index in [0.717, 1.165) is 17.9 Å². The van der Waals surface area contributed by atoms with E-state index in [1.54, 1.807) is 0 Å². The number of allylic oxidation sites excluding steroid dienone is 1. The molecule has 0 saturated heterocycles. The number of nitrogens with two attached hydrogens (primary N) is 1. The van der Waals surface area contributed by atoms with Crippen molar-refractivity contribution in [2.75, 3.05) is 6.54 Å². The fraction of sp³-hybridized carbons (Fsp3) is 0.0769. The second-order valence-electron chi connectivity index (χ2n) is 3.76. The molecule has 2 N–H and O–H groups in total. The Kier molecular flexibility index (Phi) is 1.68. The lowest BCUT2D eigenvalue weighted by atomic mass is 9.98. The molecule has 0 saturated carbocycles. The average molecular weight is 196 g/mol. The van der Waals surface area contributed by atoms with Gasteiger partial charge in [-0.15, -0.1) is 0 Å². The summed E-state index contributed by atoms with van der Waals surface area (Å²) in [5.74, 6) is 0. The molecule has 1 aromatic carbocycles. The number of fused-ring (bicyclic) bond motifs is 3. The predicted molar refractivity (Wildman–Crippen MR) is 62.4 cm³/mol. The van der Waals surface area contributed by atoms with E-state index >= 15 is 0 Å². The van der Waals surface area contributed by atoms with Gasteiger partial charge in [-0.25, -0.2) is 0 Å². The van der Waals surface area contributed by atoms with Crippen LogP contribution in [0.15, 0.2) is 48.3 Å². The van der Waals surface area contributed by atoms with Crippen molar-refractivity contribution in [1.82, 2.24) is 4.90 Å². The quantitative estimate of drug-likeness (QED) is 0.689. The number of hydrogen-bond donors (Lipinski definition) is 1. The Balaban J connectivity index is 2.27. The minimum absolute atomic E-state index is 0.845. The van der Waals surface area contributed by atoms with Gasteiger partial charge in [-0.2, -0.15) is 0 Å². The standard InChI is InChI=1S/C13H12N2/c14-12-6-3-8-15-9-7-10-4-1-2-5-11(10)13(12)15/h1-7,9H,8,14H2. The van der Waals surface area contributed by atoms with Crippen LogP contribution < -0.4 is 5.73 Å². The Hall–Kier alpha value is -1.96. The summed E-state index contributed by atoms with van der Waals surface area (Å²) in [6.45, 7) is 0.904. The summed E-state index contributed by atoms with van der Waals surface area (Å²) in [5, 5.41) is 0. The molecule has 0 aliphatic carbocycles. The van der Waals surface area contributed by atoms with Gasteiger partial charge in [0.05, 0.1) is 11.4 Å². The first-order valence-electron chi connectivity index (χ1n) is 5.07. The molecule has 0 spiro atoms. The van der Waals surface area contributed by atoms with E-state index in [-0.39, 0.29) is 0 Å². The topological polar surface area (TPSA) is 29.3 Å². The van der Waals surface area contributed by atoms with E-state index in [1.165, 1.54) is 11.1 Å². The SMILES string of the molecule is NC1=C2c3ccccc3C=CN2CC=C1. The zero-order valence-corrected chi connectivity index (χ0v) is 8.35. The number of hydrogen-bond acceptors (Lipinski definition) is 2. The molecule has 0 unspecified atom stereocenters. The number of benzene rings is 1. The van der Waals surface area contributed by atoms with E-state index in [9.17, 15) is 0 Å². The highest BCUT2D eigenvalue weighted by atomic mass is 15.1. The lowest BCUT2D eigenvalue weighted by Crippen LogP contribution is -2.24. The van der Waals surface area contributed by atoms with Crippen LogP contribution in [0.4, 0.5) is 0 Å². The van der Waals surface area contributed by atoms with E-state index in [1.807, 2.05) is 12.1 Å². The van der Waals surface area contributed by atoms with Crippen molar-refractivity contribution in [2.45, 2.75) is 0 Å². The second-order valence-corrected chi connectivity index (χ2v) is 3.76. The summed E-state index contributed by atoms with van der Waals surface area (Å²) in [4.78, 5) is 2.18. The number of rotatable bonds is 0. The largest absolute Gasteiger partial charge is 0.397 e. The lowest BCUT2D eigenvalue weighted by molar-refractivity contribution is 0.581. The minimum atomic E-state index is 0.845. The van der Waals surface area contributed by atoms with Crippen LogP contribution in [0.3, 0.4) is 0 Å². The summed E-state index contributed by atoms with van der Waals surface area (Å²) in [5.41, 5.74) is 10.5. The maximum Gasteiger partial charge on any atom is 0.0722 e. The molecule has 2 nitrogen and oxygen atoms in total. The van der Waals surface area contributed by atoms with Crippen LogP contribution in [-0.2, 0) is 0 Å². The molecule has 15 heavy (non-hydrogen) atoms. The maximum atomic E-state index is 6.02. The van der Waals surface area contributed by atoms with Crippen molar-refractivity contribution in [3.05, 3.63) is 59.4 Å². The molecule has 74 valence electrons. The van der Waals surface area contributed by atoms with Gasteiger partial charge in [0.15, 0.2) is 0 Å². The van der Waals surface area contributed by atoms with Crippen molar-refractivity contribution in [3.63, 3.8) is 0 Å². The van der Waals surface area contributed by atoms with Crippen molar-refractivity contribution in [1.29, 1.82) is 0 Å².